The third kappa shape index (κ3) is 4.20. The fourth-order valence-electron chi connectivity index (χ4n) is 3.49. The average Bonchev–Trinajstić information content (AvgIpc) is 3.03. The Balaban J connectivity index is 1.52. The predicted molar refractivity (Wildman–Crippen MR) is 85.8 cm³/mol. The lowest BCUT2D eigenvalue weighted by atomic mass is 9.87. The number of amides is 1. The number of nitrogens with zero attached hydrogens (tertiary/aromatic N) is 1. The molecule has 0 saturated carbocycles. The summed E-state index contributed by atoms with van der Waals surface area (Å²) >= 11 is 0. The summed E-state index contributed by atoms with van der Waals surface area (Å²) in [6.45, 7) is 3.03. The van der Waals surface area contributed by atoms with Crippen LogP contribution in [0, 0.1) is 11.8 Å². The lowest BCUT2D eigenvalue weighted by molar-refractivity contribution is -0.127. The molecule has 23 heavy (non-hydrogen) atoms. The smallest absolute Gasteiger partial charge is 0.226 e. The van der Waals surface area contributed by atoms with Gasteiger partial charge in [0.15, 0.2) is 0 Å². The minimum absolute atomic E-state index is 0.00601. The molecule has 6 nitrogen and oxygen atoms in total. The Labute approximate surface area is 136 Å². The first-order chi connectivity index (χ1) is 11.2. The number of carbonyl (C=O) groups excluding carboxylic acids is 1. The van der Waals surface area contributed by atoms with Gasteiger partial charge >= 0.3 is 0 Å². The highest BCUT2D eigenvalue weighted by molar-refractivity contribution is 5.79. The Morgan fingerprint density at radius 1 is 1.39 bits per heavy atom. The molecule has 2 aliphatic rings. The van der Waals surface area contributed by atoms with Gasteiger partial charge in [-0.25, -0.2) is 0 Å². The predicted octanol–water partition coefficient (Wildman–Crippen LogP) is 1.20. The van der Waals surface area contributed by atoms with Gasteiger partial charge in [0, 0.05) is 12.8 Å². The zero-order valence-corrected chi connectivity index (χ0v) is 13.3. The third-order valence-electron chi connectivity index (χ3n) is 4.87. The SMILES string of the molecule is O=C(NCc1ncccc1O)[C@@H]1CCO[C@@H]1CC1CCNCC1. The number of hydrogen-bond acceptors (Lipinski definition) is 5. The van der Waals surface area contributed by atoms with Crippen molar-refractivity contribution >= 4 is 5.91 Å². The standard InChI is InChI=1S/C17H25N3O3/c21-15-2-1-6-19-14(15)11-20-17(22)13-5-9-23-16(13)10-12-3-7-18-8-4-12/h1-2,6,12-13,16,18,21H,3-5,7-11H2,(H,20,22)/t13-,16-/m1/s1. The highest BCUT2D eigenvalue weighted by atomic mass is 16.5. The van der Waals surface area contributed by atoms with Gasteiger partial charge in [0.05, 0.1) is 18.6 Å². The number of rotatable bonds is 5. The second-order valence-electron chi connectivity index (χ2n) is 6.42. The molecule has 2 saturated heterocycles. The van der Waals surface area contributed by atoms with Gasteiger partial charge in [0.1, 0.15) is 11.4 Å². The van der Waals surface area contributed by atoms with Gasteiger partial charge in [-0.15, -0.1) is 0 Å². The van der Waals surface area contributed by atoms with E-state index in [9.17, 15) is 9.90 Å². The van der Waals surface area contributed by atoms with Gasteiger partial charge in [-0.1, -0.05) is 0 Å². The zero-order chi connectivity index (χ0) is 16.1. The van der Waals surface area contributed by atoms with Gasteiger partial charge in [-0.05, 0) is 56.8 Å². The molecule has 0 spiro atoms. The molecular formula is C17H25N3O3. The topological polar surface area (TPSA) is 83.5 Å². The first kappa shape index (κ1) is 16.2. The summed E-state index contributed by atoms with van der Waals surface area (Å²) < 4.78 is 5.82. The fraction of sp³-hybridized carbons (Fsp3) is 0.647. The van der Waals surface area contributed by atoms with E-state index in [2.05, 4.69) is 15.6 Å². The lowest BCUT2D eigenvalue weighted by Gasteiger charge is -2.27. The van der Waals surface area contributed by atoms with E-state index in [1.807, 2.05) is 0 Å². The molecular weight excluding hydrogens is 294 g/mol. The average molecular weight is 319 g/mol. The zero-order valence-electron chi connectivity index (χ0n) is 13.3. The van der Waals surface area contributed by atoms with Crippen LogP contribution in [0.4, 0.5) is 0 Å². The number of aromatic nitrogens is 1. The van der Waals surface area contributed by atoms with Gasteiger partial charge in [0.25, 0.3) is 0 Å². The van der Waals surface area contributed by atoms with Crippen LogP contribution in [-0.2, 0) is 16.1 Å². The van der Waals surface area contributed by atoms with Crippen LogP contribution in [-0.4, -0.2) is 41.8 Å². The van der Waals surface area contributed by atoms with E-state index in [1.165, 1.54) is 0 Å². The van der Waals surface area contributed by atoms with Crippen LogP contribution in [0.15, 0.2) is 18.3 Å². The van der Waals surface area contributed by atoms with E-state index < -0.39 is 0 Å². The Kier molecular flexibility index (Phi) is 5.46. The van der Waals surface area contributed by atoms with Crippen molar-refractivity contribution < 1.29 is 14.6 Å². The number of pyridine rings is 1. The van der Waals surface area contributed by atoms with Crippen LogP contribution in [0.2, 0.25) is 0 Å². The van der Waals surface area contributed by atoms with Gasteiger partial charge < -0.3 is 20.5 Å². The van der Waals surface area contributed by atoms with Gasteiger partial charge in [-0.2, -0.15) is 0 Å². The molecule has 1 amide bonds. The molecule has 2 fully saturated rings. The van der Waals surface area contributed by atoms with E-state index in [-0.39, 0.29) is 30.2 Å². The first-order valence-corrected chi connectivity index (χ1v) is 8.47. The van der Waals surface area contributed by atoms with Gasteiger partial charge in [-0.3, -0.25) is 9.78 Å². The highest BCUT2D eigenvalue weighted by Crippen LogP contribution is 2.29. The molecule has 0 unspecified atom stereocenters. The van der Waals surface area contributed by atoms with Crippen molar-refractivity contribution in [3.8, 4) is 5.75 Å². The minimum Gasteiger partial charge on any atom is -0.506 e. The van der Waals surface area contributed by atoms with E-state index >= 15 is 0 Å². The monoisotopic (exact) mass is 319 g/mol. The Morgan fingerprint density at radius 2 is 2.22 bits per heavy atom. The largest absolute Gasteiger partial charge is 0.506 e. The number of nitrogens with one attached hydrogen (secondary N) is 2. The molecule has 126 valence electrons. The summed E-state index contributed by atoms with van der Waals surface area (Å²) in [7, 11) is 0. The molecule has 3 rings (SSSR count). The summed E-state index contributed by atoms with van der Waals surface area (Å²) in [5.74, 6) is 0.679. The van der Waals surface area contributed by atoms with Crippen LogP contribution in [0.25, 0.3) is 0 Å². The van der Waals surface area contributed by atoms with E-state index in [0.717, 1.165) is 38.8 Å². The Bertz CT molecular complexity index is 532. The second kappa shape index (κ2) is 7.75. The number of carbonyl (C=O) groups is 1. The van der Waals surface area contributed by atoms with E-state index in [1.54, 1.807) is 18.3 Å². The van der Waals surface area contributed by atoms with E-state index in [0.29, 0.717) is 18.2 Å². The molecule has 6 heteroatoms. The van der Waals surface area contributed by atoms with Crippen LogP contribution >= 0.6 is 0 Å². The number of aromatic hydroxyl groups is 1. The molecule has 1 aromatic rings. The maximum Gasteiger partial charge on any atom is 0.226 e. The summed E-state index contributed by atoms with van der Waals surface area (Å²) in [5.41, 5.74) is 0.495. The van der Waals surface area contributed by atoms with Crippen LogP contribution in [0.5, 0.6) is 5.75 Å². The summed E-state index contributed by atoms with van der Waals surface area (Å²) in [4.78, 5) is 16.6. The van der Waals surface area contributed by atoms with Gasteiger partial charge in [0.2, 0.25) is 5.91 Å². The minimum atomic E-state index is -0.0873. The molecule has 2 atom stereocenters. The molecule has 0 aliphatic carbocycles. The van der Waals surface area contributed by atoms with Crippen molar-refractivity contribution in [2.45, 2.75) is 38.3 Å². The number of hydrogen-bond donors (Lipinski definition) is 3. The van der Waals surface area contributed by atoms with Crippen LogP contribution < -0.4 is 10.6 Å². The maximum atomic E-state index is 12.5. The molecule has 3 N–H and O–H groups in total. The highest BCUT2D eigenvalue weighted by Gasteiger charge is 2.35. The number of ether oxygens (including phenoxy) is 1. The Morgan fingerprint density at radius 3 is 3.00 bits per heavy atom. The lowest BCUT2D eigenvalue weighted by Crippen LogP contribution is -2.37. The summed E-state index contributed by atoms with van der Waals surface area (Å²) in [6, 6.07) is 3.24. The fourth-order valence-corrected chi connectivity index (χ4v) is 3.49. The molecule has 1 aromatic heterocycles. The third-order valence-corrected chi connectivity index (χ3v) is 4.87. The molecule has 0 bridgehead atoms. The Hall–Kier alpha value is -1.66. The molecule has 0 radical (unpaired) electrons. The van der Waals surface area contributed by atoms with Crippen molar-refractivity contribution in [1.29, 1.82) is 0 Å². The number of piperidine rings is 1. The molecule has 0 aromatic carbocycles. The second-order valence-corrected chi connectivity index (χ2v) is 6.42. The normalized spacial score (nSPS) is 25.4. The van der Waals surface area contributed by atoms with Crippen LogP contribution in [0.1, 0.15) is 31.4 Å². The van der Waals surface area contributed by atoms with Crippen LogP contribution in [0.3, 0.4) is 0 Å². The molecule has 2 aliphatic heterocycles. The van der Waals surface area contributed by atoms with Crippen molar-refractivity contribution in [1.82, 2.24) is 15.6 Å². The summed E-state index contributed by atoms with van der Waals surface area (Å²) in [5, 5.41) is 16.0. The van der Waals surface area contributed by atoms with Crippen molar-refractivity contribution in [3.63, 3.8) is 0 Å². The quantitative estimate of drug-likeness (QED) is 0.759. The molecule has 3 heterocycles. The van der Waals surface area contributed by atoms with Crippen molar-refractivity contribution in [3.05, 3.63) is 24.0 Å². The van der Waals surface area contributed by atoms with Crippen molar-refractivity contribution in [2.75, 3.05) is 19.7 Å². The summed E-state index contributed by atoms with van der Waals surface area (Å²) in [6.07, 6.45) is 5.70. The first-order valence-electron chi connectivity index (χ1n) is 8.47. The maximum absolute atomic E-state index is 12.5. The van der Waals surface area contributed by atoms with Crippen molar-refractivity contribution in [2.24, 2.45) is 11.8 Å². The van der Waals surface area contributed by atoms with E-state index in [4.69, 9.17) is 4.74 Å².